The summed E-state index contributed by atoms with van der Waals surface area (Å²) in [7, 11) is -4.16. The first-order chi connectivity index (χ1) is 16.3. The minimum absolute atomic E-state index is 0.0350. The van der Waals surface area contributed by atoms with Crippen LogP contribution in [0.5, 0.6) is 5.75 Å². The number of hydrogen-bond acceptors (Lipinski definition) is 5. The van der Waals surface area contributed by atoms with E-state index in [1.807, 2.05) is 0 Å². The predicted molar refractivity (Wildman–Crippen MR) is 126 cm³/mol. The second-order valence-corrected chi connectivity index (χ2v) is 11.1. The van der Waals surface area contributed by atoms with Crippen molar-refractivity contribution >= 4 is 21.7 Å². The lowest BCUT2D eigenvalue weighted by Crippen LogP contribution is -2.29. The maximum atomic E-state index is 14.1. The molecule has 0 spiro atoms. The average molecular weight is 489 g/mol. The molecule has 9 heteroatoms. The summed E-state index contributed by atoms with van der Waals surface area (Å²) in [6.07, 6.45) is 4.25. The second kappa shape index (κ2) is 8.85. The smallest absolute Gasteiger partial charge is 0.341 e. The summed E-state index contributed by atoms with van der Waals surface area (Å²) < 4.78 is 49.0. The quantitative estimate of drug-likeness (QED) is 0.577. The first-order valence-electron chi connectivity index (χ1n) is 11.9. The number of fused-ring (bicyclic) bond motifs is 3. The molecule has 2 N–H and O–H groups in total. The number of carboxylic acid groups (broad SMARTS) is 1. The van der Waals surface area contributed by atoms with Gasteiger partial charge in [-0.2, -0.15) is 0 Å². The summed E-state index contributed by atoms with van der Waals surface area (Å²) in [6, 6.07) is 7.22. The highest BCUT2D eigenvalue weighted by atomic mass is 32.2. The first-order valence-corrected chi connectivity index (χ1v) is 13.3. The fraction of sp³-hybridized carbons (Fsp3) is 0.480. The molecule has 1 saturated carbocycles. The third-order valence-corrected chi connectivity index (χ3v) is 8.84. The number of aromatic carboxylic acids is 1. The fourth-order valence-corrected chi connectivity index (χ4v) is 6.84. The molecule has 1 unspecified atom stereocenters. The SMILES string of the molecule is CCN1CCC[C@H]1CCc1cc(F)ccc1S(=O)(=O)Nc1ccc2c(c1C(=O)O)OCC1C[C@H]21. The number of hydrogen-bond donors (Lipinski definition) is 2. The first kappa shape index (κ1) is 23.1. The molecule has 2 fully saturated rings. The minimum Gasteiger partial charge on any atom is -0.492 e. The Labute approximate surface area is 199 Å². The number of anilines is 1. The van der Waals surface area contributed by atoms with Crippen molar-refractivity contribution in [1.29, 1.82) is 0 Å². The Kier molecular flexibility index (Phi) is 6.02. The molecule has 2 aliphatic heterocycles. The number of sulfonamides is 1. The Morgan fingerprint density at radius 2 is 2.12 bits per heavy atom. The van der Waals surface area contributed by atoms with Gasteiger partial charge in [-0.15, -0.1) is 0 Å². The lowest BCUT2D eigenvalue weighted by Gasteiger charge is -2.23. The van der Waals surface area contributed by atoms with Crippen LogP contribution in [-0.2, 0) is 16.4 Å². The van der Waals surface area contributed by atoms with E-state index in [0.29, 0.717) is 30.6 Å². The number of nitrogens with zero attached hydrogens (tertiary/aromatic N) is 1. The third-order valence-electron chi connectivity index (χ3n) is 7.37. The molecule has 5 rings (SSSR count). The molecule has 2 aromatic carbocycles. The van der Waals surface area contributed by atoms with E-state index in [1.165, 1.54) is 18.2 Å². The monoisotopic (exact) mass is 488 g/mol. The summed E-state index contributed by atoms with van der Waals surface area (Å²) in [5, 5.41) is 9.86. The van der Waals surface area contributed by atoms with Crippen LogP contribution in [0.15, 0.2) is 35.2 Å². The maximum absolute atomic E-state index is 14.1. The maximum Gasteiger partial charge on any atom is 0.341 e. The van der Waals surface area contributed by atoms with Gasteiger partial charge in [0.15, 0.2) is 0 Å². The zero-order valence-corrected chi connectivity index (χ0v) is 19.9. The Hall–Kier alpha value is -2.65. The highest BCUT2D eigenvalue weighted by Gasteiger charge is 2.45. The van der Waals surface area contributed by atoms with Gasteiger partial charge in [-0.3, -0.25) is 4.72 Å². The molecule has 182 valence electrons. The van der Waals surface area contributed by atoms with Crippen molar-refractivity contribution < 1.29 is 27.4 Å². The zero-order valence-electron chi connectivity index (χ0n) is 19.1. The van der Waals surface area contributed by atoms with Gasteiger partial charge in [-0.25, -0.2) is 17.6 Å². The molecule has 2 heterocycles. The van der Waals surface area contributed by atoms with E-state index in [4.69, 9.17) is 4.74 Å². The summed E-state index contributed by atoms with van der Waals surface area (Å²) in [5.74, 6) is -0.836. The summed E-state index contributed by atoms with van der Waals surface area (Å²) in [6.45, 7) is 4.50. The van der Waals surface area contributed by atoms with Gasteiger partial charge >= 0.3 is 5.97 Å². The van der Waals surface area contributed by atoms with Crippen molar-refractivity contribution in [2.45, 2.75) is 55.9 Å². The van der Waals surface area contributed by atoms with E-state index in [1.54, 1.807) is 6.07 Å². The van der Waals surface area contributed by atoms with Gasteiger partial charge in [0, 0.05) is 12.0 Å². The second-order valence-electron chi connectivity index (χ2n) is 9.45. The highest BCUT2D eigenvalue weighted by molar-refractivity contribution is 7.92. The lowest BCUT2D eigenvalue weighted by atomic mass is 10.0. The number of carbonyl (C=O) groups is 1. The van der Waals surface area contributed by atoms with E-state index in [2.05, 4.69) is 16.5 Å². The third kappa shape index (κ3) is 4.27. The molecule has 0 radical (unpaired) electrons. The molecule has 2 aromatic rings. The van der Waals surface area contributed by atoms with Crippen LogP contribution in [-0.4, -0.2) is 50.1 Å². The van der Waals surface area contributed by atoms with Crippen molar-refractivity contribution in [2.75, 3.05) is 24.4 Å². The predicted octanol–water partition coefficient (Wildman–Crippen LogP) is 4.24. The number of ether oxygens (including phenoxy) is 1. The van der Waals surface area contributed by atoms with Crippen LogP contribution in [0.25, 0.3) is 0 Å². The number of halogens is 1. The van der Waals surface area contributed by atoms with Crippen LogP contribution in [0.1, 0.15) is 60.0 Å². The van der Waals surface area contributed by atoms with Gasteiger partial charge in [0.25, 0.3) is 10.0 Å². The standard InChI is InChI=1S/C25H29FN2O5S/c1-2-28-11-3-4-18(28)7-5-15-12-17(26)6-10-22(15)34(31,32)27-21-9-8-19-20-13-16(20)14-33-24(19)23(21)25(29)30/h6,8-10,12,16,18,20,27H,2-5,7,11,13-14H2,1H3,(H,29,30)/t16?,18-,20-/m0/s1. The molecule has 1 aliphatic carbocycles. The van der Waals surface area contributed by atoms with Crippen LogP contribution in [0.4, 0.5) is 10.1 Å². The molecule has 3 aliphatic rings. The number of likely N-dealkylation sites (tertiary alicyclic amines) is 1. The van der Waals surface area contributed by atoms with E-state index in [-0.39, 0.29) is 27.8 Å². The number of benzene rings is 2. The highest BCUT2D eigenvalue weighted by Crippen LogP contribution is 2.55. The molecular weight excluding hydrogens is 459 g/mol. The molecule has 0 aromatic heterocycles. The number of rotatable bonds is 8. The van der Waals surface area contributed by atoms with E-state index in [0.717, 1.165) is 50.4 Å². The van der Waals surface area contributed by atoms with Gasteiger partial charge in [-0.05, 0) is 86.5 Å². The Morgan fingerprint density at radius 3 is 2.88 bits per heavy atom. The molecule has 0 bridgehead atoms. The van der Waals surface area contributed by atoms with E-state index < -0.39 is 21.8 Å². The van der Waals surface area contributed by atoms with Crippen molar-refractivity contribution in [3.05, 3.63) is 52.8 Å². The van der Waals surface area contributed by atoms with Crippen molar-refractivity contribution in [2.24, 2.45) is 5.92 Å². The molecule has 1 saturated heterocycles. The lowest BCUT2D eigenvalue weighted by molar-refractivity contribution is 0.0692. The summed E-state index contributed by atoms with van der Waals surface area (Å²) in [4.78, 5) is 14.4. The van der Waals surface area contributed by atoms with Crippen molar-refractivity contribution in [3.63, 3.8) is 0 Å². The zero-order chi connectivity index (χ0) is 24.0. The summed E-state index contributed by atoms with van der Waals surface area (Å²) in [5.41, 5.74) is 0.978. The molecule has 7 nitrogen and oxygen atoms in total. The van der Waals surface area contributed by atoms with Crippen LogP contribution < -0.4 is 9.46 Å². The number of aryl methyl sites for hydroxylation is 1. The fourth-order valence-electron chi connectivity index (χ4n) is 5.51. The van der Waals surface area contributed by atoms with Gasteiger partial charge in [0.1, 0.15) is 17.1 Å². The van der Waals surface area contributed by atoms with Crippen LogP contribution in [0.3, 0.4) is 0 Å². The summed E-state index contributed by atoms with van der Waals surface area (Å²) >= 11 is 0. The average Bonchev–Trinajstić information content (AvgIpc) is 3.45. The van der Waals surface area contributed by atoms with Crippen LogP contribution in [0.2, 0.25) is 0 Å². The molecule has 3 atom stereocenters. The minimum atomic E-state index is -4.16. The Bertz CT molecular complexity index is 1230. The molecular formula is C25H29FN2O5S. The number of nitrogens with one attached hydrogen (secondary N) is 1. The van der Waals surface area contributed by atoms with Crippen molar-refractivity contribution in [3.8, 4) is 5.75 Å². The normalized spacial score (nSPS) is 23.6. The molecule has 34 heavy (non-hydrogen) atoms. The van der Waals surface area contributed by atoms with E-state index in [9.17, 15) is 22.7 Å². The Balaban J connectivity index is 1.44. The largest absolute Gasteiger partial charge is 0.492 e. The van der Waals surface area contributed by atoms with Crippen LogP contribution >= 0.6 is 0 Å². The van der Waals surface area contributed by atoms with Crippen molar-refractivity contribution in [1.82, 2.24) is 4.90 Å². The topological polar surface area (TPSA) is 95.9 Å². The Morgan fingerprint density at radius 1 is 1.29 bits per heavy atom. The van der Waals surface area contributed by atoms with Crippen LogP contribution in [0, 0.1) is 11.7 Å². The molecule has 0 amide bonds. The van der Waals surface area contributed by atoms with Gasteiger partial charge in [0.2, 0.25) is 0 Å². The number of carboxylic acids is 1. The van der Waals surface area contributed by atoms with Gasteiger partial charge in [-0.1, -0.05) is 13.0 Å². The van der Waals surface area contributed by atoms with Gasteiger partial charge in [0.05, 0.1) is 17.2 Å². The van der Waals surface area contributed by atoms with E-state index >= 15 is 0 Å². The van der Waals surface area contributed by atoms with Gasteiger partial charge < -0.3 is 14.7 Å².